The fourth-order valence-electron chi connectivity index (χ4n) is 3.05. The Labute approximate surface area is 165 Å². The van der Waals surface area contributed by atoms with Crippen molar-refractivity contribution in [3.8, 4) is 5.75 Å². The lowest BCUT2D eigenvalue weighted by Gasteiger charge is -2.26. The topological polar surface area (TPSA) is 76.1 Å². The van der Waals surface area contributed by atoms with Gasteiger partial charge in [0.15, 0.2) is 0 Å². The van der Waals surface area contributed by atoms with Crippen LogP contribution in [0.2, 0.25) is 5.02 Å². The Kier molecular flexibility index (Phi) is 6.63. The lowest BCUT2D eigenvalue weighted by atomic mass is 9.97. The number of aliphatic carboxylic acids is 1. The average Bonchev–Trinajstić information content (AvgIpc) is 2.98. The van der Waals surface area contributed by atoms with Gasteiger partial charge >= 0.3 is 12.1 Å². The van der Waals surface area contributed by atoms with Gasteiger partial charge in [-0.2, -0.15) is 0 Å². The number of rotatable bonds is 5. The molecule has 6 nitrogen and oxygen atoms in total. The monoisotopic (exact) mass is 397 g/mol. The summed E-state index contributed by atoms with van der Waals surface area (Å²) < 4.78 is 11.5. The van der Waals surface area contributed by atoms with Crippen molar-refractivity contribution in [2.75, 3.05) is 6.54 Å². The van der Waals surface area contributed by atoms with E-state index in [1.165, 1.54) is 4.90 Å². The zero-order valence-electron chi connectivity index (χ0n) is 16.5. The Morgan fingerprint density at radius 2 is 2.04 bits per heavy atom. The summed E-state index contributed by atoms with van der Waals surface area (Å²) in [6.45, 7) is 9.56. The molecule has 0 spiro atoms. The molecule has 0 radical (unpaired) electrons. The highest BCUT2D eigenvalue weighted by molar-refractivity contribution is 6.30. The largest absolute Gasteiger partial charge is 0.488 e. The first kappa shape index (κ1) is 21.4. The lowest BCUT2D eigenvalue weighted by Crippen LogP contribution is -2.43. The van der Waals surface area contributed by atoms with Gasteiger partial charge in [0, 0.05) is 11.4 Å². The van der Waals surface area contributed by atoms with E-state index in [0.717, 1.165) is 12.0 Å². The predicted octanol–water partition coefficient (Wildman–Crippen LogP) is 4.69. The van der Waals surface area contributed by atoms with Crippen molar-refractivity contribution in [1.82, 2.24) is 4.90 Å². The molecular formula is C20H28ClNO5. The van der Waals surface area contributed by atoms with E-state index in [-0.39, 0.29) is 18.9 Å². The average molecular weight is 398 g/mol. The van der Waals surface area contributed by atoms with Crippen LogP contribution >= 0.6 is 11.6 Å². The number of carboxylic acid groups (broad SMARTS) is 1. The summed E-state index contributed by atoms with van der Waals surface area (Å²) in [5, 5.41) is 10.1. The zero-order chi connectivity index (χ0) is 20.4. The van der Waals surface area contributed by atoms with Crippen LogP contribution in [0, 0.1) is 0 Å². The van der Waals surface area contributed by atoms with E-state index in [2.05, 4.69) is 13.8 Å². The van der Waals surface area contributed by atoms with Crippen LogP contribution in [-0.4, -0.2) is 46.4 Å². The molecule has 27 heavy (non-hydrogen) atoms. The molecule has 1 heterocycles. The fraction of sp³-hybridized carbons (Fsp3) is 0.600. The summed E-state index contributed by atoms with van der Waals surface area (Å²) in [5.74, 6) is -0.142. The van der Waals surface area contributed by atoms with E-state index in [0.29, 0.717) is 10.8 Å². The van der Waals surface area contributed by atoms with Crippen LogP contribution in [0.25, 0.3) is 0 Å². The van der Waals surface area contributed by atoms with E-state index >= 15 is 0 Å². The van der Waals surface area contributed by atoms with Gasteiger partial charge in [0.25, 0.3) is 0 Å². The molecule has 1 aliphatic heterocycles. The molecule has 0 aliphatic carbocycles. The highest BCUT2D eigenvalue weighted by Crippen LogP contribution is 2.34. The third-order valence-corrected chi connectivity index (χ3v) is 4.82. The third-order valence-electron chi connectivity index (χ3n) is 4.58. The van der Waals surface area contributed by atoms with E-state index in [1.54, 1.807) is 32.9 Å². The summed E-state index contributed by atoms with van der Waals surface area (Å²) in [5.41, 5.74) is 0.284. The first-order valence-corrected chi connectivity index (χ1v) is 9.58. The summed E-state index contributed by atoms with van der Waals surface area (Å²) in [6.07, 6.45) is 0.0576. The second kappa shape index (κ2) is 8.38. The van der Waals surface area contributed by atoms with Crippen LogP contribution in [0.1, 0.15) is 58.9 Å². The third kappa shape index (κ3) is 5.51. The van der Waals surface area contributed by atoms with Gasteiger partial charge < -0.3 is 14.6 Å². The first-order chi connectivity index (χ1) is 12.5. The second-order valence-electron chi connectivity index (χ2n) is 7.95. The van der Waals surface area contributed by atoms with Gasteiger partial charge in [0.05, 0.1) is 6.54 Å². The number of hydrogen-bond donors (Lipinski definition) is 1. The number of carbonyl (C=O) groups excluding carboxylic acids is 1. The Bertz CT molecular complexity index is 700. The van der Waals surface area contributed by atoms with Gasteiger partial charge in [0.1, 0.15) is 23.5 Å². The van der Waals surface area contributed by atoms with E-state index in [4.69, 9.17) is 21.1 Å². The van der Waals surface area contributed by atoms with Gasteiger partial charge in [0.2, 0.25) is 0 Å². The number of likely N-dealkylation sites (tertiary alicyclic amines) is 1. The van der Waals surface area contributed by atoms with Gasteiger partial charge in [-0.1, -0.05) is 25.4 Å². The molecule has 2 rings (SSSR count). The maximum atomic E-state index is 12.4. The molecule has 1 aromatic carbocycles. The molecule has 1 aromatic rings. The Morgan fingerprint density at radius 3 is 2.59 bits per heavy atom. The molecular weight excluding hydrogens is 370 g/mol. The van der Waals surface area contributed by atoms with E-state index in [9.17, 15) is 14.7 Å². The quantitative estimate of drug-likeness (QED) is 0.779. The van der Waals surface area contributed by atoms with Crippen molar-refractivity contribution in [2.45, 2.75) is 71.1 Å². The van der Waals surface area contributed by atoms with Crippen LogP contribution in [0.3, 0.4) is 0 Å². The standard InChI is InChI=1S/C20H28ClNO5/c1-6-12(2)15-9-13(21)7-8-17(15)26-14-10-16(18(23)24)22(11-14)19(25)27-20(3,4)5/h7-9,12,14,16H,6,10-11H2,1-5H3,(H,23,24)/t12-,14+,16+/m1/s1. The summed E-state index contributed by atoms with van der Waals surface area (Å²) in [6, 6.07) is 4.46. The van der Waals surface area contributed by atoms with Crippen molar-refractivity contribution in [3.63, 3.8) is 0 Å². The van der Waals surface area contributed by atoms with Gasteiger partial charge in [-0.05, 0) is 56.9 Å². The highest BCUT2D eigenvalue weighted by Gasteiger charge is 2.42. The fourth-order valence-corrected chi connectivity index (χ4v) is 3.23. The first-order valence-electron chi connectivity index (χ1n) is 9.20. The molecule has 1 saturated heterocycles. The van der Waals surface area contributed by atoms with Crippen molar-refractivity contribution >= 4 is 23.7 Å². The number of hydrogen-bond acceptors (Lipinski definition) is 4. The maximum Gasteiger partial charge on any atom is 0.411 e. The minimum absolute atomic E-state index is 0.161. The van der Waals surface area contributed by atoms with Crippen LogP contribution in [-0.2, 0) is 9.53 Å². The highest BCUT2D eigenvalue weighted by atomic mass is 35.5. The van der Waals surface area contributed by atoms with Crippen molar-refractivity contribution in [3.05, 3.63) is 28.8 Å². The van der Waals surface area contributed by atoms with E-state index in [1.807, 2.05) is 6.07 Å². The minimum atomic E-state index is -1.06. The summed E-state index contributed by atoms with van der Waals surface area (Å²) in [7, 11) is 0. The zero-order valence-corrected chi connectivity index (χ0v) is 17.2. The van der Waals surface area contributed by atoms with Crippen LogP contribution in [0.15, 0.2) is 18.2 Å². The van der Waals surface area contributed by atoms with Gasteiger partial charge in [-0.15, -0.1) is 0 Å². The summed E-state index contributed by atoms with van der Waals surface area (Å²) in [4.78, 5) is 25.3. The molecule has 1 amide bonds. The molecule has 0 saturated carbocycles. The number of ether oxygens (including phenoxy) is 2. The molecule has 7 heteroatoms. The number of amides is 1. The van der Waals surface area contributed by atoms with Crippen molar-refractivity contribution in [2.24, 2.45) is 0 Å². The van der Waals surface area contributed by atoms with Crippen molar-refractivity contribution < 1.29 is 24.2 Å². The number of benzene rings is 1. The molecule has 150 valence electrons. The maximum absolute atomic E-state index is 12.4. The predicted molar refractivity (Wildman–Crippen MR) is 104 cm³/mol. The SMILES string of the molecule is CC[C@@H](C)c1cc(Cl)ccc1O[C@H]1C[C@@H](C(=O)O)N(C(=O)OC(C)(C)C)C1. The second-order valence-corrected chi connectivity index (χ2v) is 8.39. The molecule has 1 fully saturated rings. The van der Waals surface area contributed by atoms with Crippen LogP contribution in [0.4, 0.5) is 4.79 Å². The molecule has 3 atom stereocenters. The van der Waals surface area contributed by atoms with Crippen molar-refractivity contribution in [1.29, 1.82) is 0 Å². The van der Waals surface area contributed by atoms with Gasteiger partial charge in [-0.3, -0.25) is 4.90 Å². The molecule has 0 unspecified atom stereocenters. The smallest absolute Gasteiger partial charge is 0.411 e. The number of nitrogens with zero attached hydrogens (tertiary/aromatic N) is 1. The minimum Gasteiger partial charge on any atom is -0.488 e. The molecule has 1 aliphatic rings. The normalized spacial score (nSPS) is 21.0. The number of carboxylic acids is 1. The van der Waals surface area contributed by atoms with Crippen LogP contribution < -0.4 is 4.74 Å². The number of halogens is 1. The Morgan fingerprint density at radius 1 is 1.37 bits per heavy atom. The number of carbonyl (C=O) groups is 2. The molecule has 0 bridgehead atoms. The lowest BCUT2D eigenvalue weighted by molar-refractivity contribution is -0.142. The van der Waals surface area contributed by atoms with Crippen LogP contribution in [0.5, 0.6) is 5.75 Å². The van der Waals surface area contributed by atoms with E-state index < -0.39 is 29.8 Å². The summed E-state index contributed by atoms with van der Waals surface area (Å²) >= 11 is 6.12. The Balaban J connectivity index is 2.19. The van der Waals surface area contributed by atoms with Gasteiger partial charge in [-0.25, -0.2) is 9.59 Å². The molecule has 1 N–H and O–H groups in total. The Hall–Kier alpha value is -1.95. The molecule has 0 aromatic heterocycles.